The minimum Gasteiger partial charge on any atom is -0.464 e. The Morgan fingerprint density at radius 2 is 2.00 bits per heavy atom. The number of hydrogen-bond acceptors (Lipinski definition) is 8. The number of aliphatic hydroxyl groups excluding tert-OH is 1. The fraction of sp³-hybridized carbons (Fsp3) is 0.500. The van der Waals surface area contributed by atoms with Gasteiger partial charge in [-0.15, -0.1) is 0 Å². The van der Waals surface area contributed by atoms with E-state index in [-0.39, 0.29) is 30.2 Å². The maximum Gasteiger partial charge on any atom is 0.288 e. The number of carbonyl (C=O) groups excluding carboxylic acids is 1. The van der Waals surface area contributed by atoms with E-state index >= 15 is 0 Å². The lowest BCUT2D eigenvalue weighted by atomic mass is 9.93. The standard InChI is InChI=1S/C24H31NO8/c1-25(14-22(29-2)30-3)24(28)20-12-16(13-21(33-20)31-11-7-6-10-26)18-15-32-19-9-5-4-8-17(19)23(18)27/h4-5,8-9,12,15-16,21-22,26H,6-7,10-11,13-14H2,1-3H3. The Bertz CT molecular complexity index is 1010. The number of aliphatic hydroxyl groups is 1. The number of nitrogens with zero attached hydrogens (tertiary/aromatic N) is 1. The van der Waals surface area contributed by atoms with Gasteiger partial charge in [0.25, 0.3) is 5.91 Å². The largest absolute Gasteiger partial charge is 0.464 e. The van der Waals surface area contributed by atoms with Crippen LogP contribution in [0, 0.1) is 0 Å². The molecule has 2 heterocycles. The molecular weight excluding hydrogens is 430 g/mol. The van der Waals surface area contributed by atoms with Gasteiger partial charge in [-0.05, 0) is 31.1 Å². The first kappa shape index (κ1) is 24.9. The molecule has 180 valence electrons. The molecule has 0 spiro atoms. The molecule has 2 unspecified atom stereocenters. The molecule has 9 heteroatoms. The normalized spacial score (nSPS) is 18.3. The van der Waals surface area contributed by atoms with Crippen LogP contribution < -0.4 is 5.43 Å². The average molecular weight is 462 g/mol. The number of allylic oxidation sites excluding steroid dienone is 1. The van der Waals surface area contributed by atoms with E-state index < -0.39 is 18.5 Å². The summed E-state index contributed by atoms with van der Waals surface area (Å²) in [6, 6.07) is 7.03. The Morgan fingerprint density at radius 3 is 2.73 bits per heavy atom. The Labute approximate surface area is 192 Å². The molecule has 0 saturated carbocycles. The van der Waals surface area contributed by atoms with Crippen LogP contribution in [-0.2, 0) is 23.7 Å². The maximum absolute atomic E-state index is 13.1. The van der Waals surface area contributed by atoms with E-state index in [1.54, 1.807) is 37.4 Å². The van der Waals surface area contributed by atoms with Gasteiger partial charge in [-0.1, -0.05) is 12.1 Å². The van der Waals surface area contributed by atoms with Crippen LogP contribution in [0.5, 0.6) is 0 Å². The fourth-order valence-electron chi connectivity index (χ4n) is 3.64. The van der Waals surface area contributed by atoms with Crippen molar-refractivity contribution in [3.05, 3.63) is 58.2 Å². The molecule has 0 saturated heterocycles. The average Bonchev–Trinajstić information content (AvgIpc) is 2.84. The molecule has 33 heavy (non-hydrogen) atoms. The van der Waals surface area contributed by atoms with Crippen molar-refractivity contribution in [3.8, 4) is 0 Å². The summed E-state index contributed by atoms with van der Waals surface area (Å²) in [7, 11) is 4.60. The number of fused-ring (bicyclic) bond motifs is 1. The van der Waals surface area contributed by atoms with Gasteiger partial charge in [0, 0.05) is 45.8 Å². The summed E-state index contributed by atoms with van der Waals surface area (Å²) in [6.45, 7) is 0.624. The molecular formula is C24H31NO8. The first-order valence-electron chi connectivity index (χ1n) is 10.9. The summed E-state index contributed by atoms with van der Waals surface area (Å²) in [6.07, 6.45) is 3.37. The summed E-state index contributed by atoms with van der Waals surface area (Å²) >= 11 is 0. The number of rotatable bonds is 11. The molecule has 2 atom stereocenters. The summed E-state index contributed by atoms with van der Waals surface area (Å²) in [4.78, 5) is 27.7. The van der Waals surface area contributed by atoms with Crippen molar-refractivity contribution < 1.29 is 33.3 Å². The number of unbranched alkanes of at least 4 members (excludes halogenated alkanes) is 1. The molecule has 0 radical (unpaired) electrons. The van der Waals surface area contributed by atoms with Gasteiger partial charge in [0.2, 0.25) is 6.29 Å². The molecule has 0 bridgehead atoms. The van der Waals surface area contributed by atoms with Crippen molar-refractivity contribution in [2.45, 2.75) is 37.8 Å². The second-order valence-electron chi connectivity index (χ2n) is 7.82. The highest BCUT2D eigenvalue weighted by Gasteiger charge is 2.32. The number of benzene rings is 1. The summed E-state index contributed by atoms with van der Waals surface area (Å²) < 4.78 is 27.7. The second kappa shape index (κ2) is 11.9. The van der Waals surface area contributed by atoms with Crippen molar-refractivity contribution in [1.29, 1.82) is 0 Å². The highest BCUT2D eigenvalue weighted by molar-refractivity contribution is 5.91. The van der Waals surface area contributed by atoms with Crippen molar-refractivity contribution in [2.75, 3.05) is 41.0 Å². The number of carbonyl (C=O) groups is 1. The van der Waals surface area contributed by atoms with Crippen LogP contribution in [0.4, 0.5) is 0 Å². The van der Waals surface area contributed by atoms with Gasteiger partial charge < -0.3 is 33.4 Å². The lowest BCUT2D eigenvalue weighted by Crippen LogP contribution is -2.39. The minimum atomic E-state index is -0.724. The highest BCUT2D eigenvalue weighted by Crippen LogP contribution is 2.31. The molecule has 2 aromatic rings. The maximum atomic E-state index is 13.1. The van der Waals surface area contributed by atoms with Gasteiger partial charge >= 0.3 is 0 Å². The smallest absolute Gasteiger partial charge is 0.288 e. The minimum absolute atomic E-state index is 0.0737. The highest BCUT2D eigenvalue weighted by atomic mass is 16.7. The predicted molar refractivity (Wildman–Crippen MR) is 121 cm³/mol. The lowest BCUT2D eigenvalue weighted by Gasteiger charge is -2.31. The number of methoxy groups -OCH3 is 2. The van der Waals surface area contributed by atoms with Gasteiger partial charge in [-0.3, -0.25) is 9.59 Å². The number of likely N-dealkylation sites (N-methyl/N-ethyl adjacent to an activating group) is 1. The Kier molecular flexibility index (Phi) is 9.02. The Balaban J connectivity index is 1.88. The molecule has 0 fully saturated rings. The van der Waals surface area contributed by atoms with E-state index in [9.17, 15) is 9.59 Å². The van der Waals surface area contributed by atoms with E-state index in [0.717, 1.165) is 0 Å². The first-order valence-corrected chi connectivity index (χ1v) is 10.9. The van der Waals surface area contributed by atoms with Crippen LogP contribution in [-0.4, -0.2) is 69.5 Å². The van der Waals surface area contributed by atoms with E-state index in [1.807, 2.05) is 0 Å². The van der Waals surface area contributed by atoms with Gasteiger partial charge in [-0.25, -0.2) is 0 Å². The van der Waals surface area contributed by atoms with E-state index in [2.05, 4.69) is 0 Å². The second-order valence-corrected chi connectivity index (χ2v) is 7.82. The zero-order chi connectivity index (χ0) is 23.8. The third-order valence-electron chi connectivity index (χ3n) is 5.53. The van der Waals surface area contributed by atoms with E-state index in [1.165, 1.54) is 25.4 Å². The SMILES string of the molecule is COC(CN(C)C(=O)C1=CC(c2coc3ccccc3c2=O)CC(OCCCCO)O1)OC. The molecule has 1 aliphatic rings. The van der Waals surface area contributed by atoms with E-state index in [0.29, 0.717) is 42.4 Å². The van der Waals surface area contributed by atoms with Crippen molar-refractivity contribution in [2.24, 2.45) is 0 Å². The summed E-state index contributed by atoms with van der Waals surface area (Å²) in [5.74, 6) is -0.734. The third kappa shape index (κ3) is 6.20. The van der Waals surface area contributed by atoms with Crippen molar-refractivity contribution in [3.63, 3.8) is 0 Å². The number of ether oxygens (including phenoxy) is 4. The quantitative estimate of drug-likeness (QED) is 0.401. The molecule has 1 N–H and O–H groups in total. The predicted octanol–water partition coefficient (Wildman–Crippen LogP) is 2.37. The molecule has 1 aliphatic heterocycles. The summed E-state index contributed by atoms with van der Waals surface area (Å²) in [5, 5.41) is 9.46. The number of hydrogen-bond donors (Lipinski definition) is 1. The van der Waals surface area contributed by atoms with Crippen LogP contribution >= 0.6 is 0 Å². The van der Waals surface area contributed by atoms with Crippen LogP contribution in [0.2, 0.25) is 0 Å². The molecule has 1 amide bonds. The summed E-state index contributed by atoms with van der Waals surface area (Å²) in [5.41, 5.74) is 0.777. The van der Waals surface area contributed by atoms with Crippen LogP contribution in [0.1, 0.15) is 30.7 Å². The van der Waals surface area contributed by atoms with Crippen LogP contribution in [0.3, 0.4) is 0 Å². The Morgan fingerprint density at radius 1 is 1.24 bits per heavy atom. The first-order chi connectivity index (χ1) is 16.0. The number of amides is 1. The van der Waals surface area contributed by atoms with Crippen molar-refractivity contribution >= 4 is 16.9 Å². The molecule has 3 rings (SSSR count). The van der Waals surface area contributed by atoms with Gasteiger partial charge in [-0.2, -0.15) is 0 Å². The monoisotopic (exact) mass is 461 g/mol. The Hall–Kier alpha value is -2.72. The van der Waals surface area contributed by atoms with E-state index in [4.69, 9.17) is 28.5 Å². The molecule has 9 nitrogen and oxygen atoms in total. The van der Waals surface area contributed by atoms with Gasteiger partial charge in [0.1, 0.15) is 5.58 Å². The zero-order valence-corrected chi connectivity index (χ0v) is 19.2. The van der Waals surface area contributed by atoms with Crippen molar-refractivity contribution in [1.82, 2.24) is 4.90 Å². The zero-order valence-electron chi connectivity index (χ0n) is 19.2. The molecule has 1 aromatic heterocycles. The third-order valence-corrected chi connectivity index (χ3v) is 5.53. The topological polar surface area (TPSA) is 108 Å². The fourth-order valence-corrected chi connectivity index (χ4v) is 3.64. The van der Waals surface area contributed by atoms with Crippen LogP contribution in [0.25, 0.3) is 11.0 Å². The molecule has 0 aliphatic carbocycles. The molecule has 1 aromatic carbocycles. The van der Waals surface area contributed by atoms with Gasteiger partial charge in [0.05, 0.1) is 24.8 Å². The van der Waals surface area contributed by atoms with Crippen LogP contribution in [0.15, 0.2) is 51.6 Å². The van der Waals surface area contributed by atoms with Gasteiger partial charge in [0.15, 0.2) is 17.5 Å². The lowest BCUT2D eigenvalue weighted by molar-refractivity contribution is -0.158. The number of para-hydroxylation sites is 1.